The Morgan fingerprint density at radius 3 is 2.70 bits per heavy atom. The number of hydrogen-bond donors (Lipinski definition) is 2. The predicted molar refractivity (Wildman–Crippen MR) is 87.3 cm³/mol. The van der Waals surface area contributed by atoms with Gasteiger partial charge in [-0.05, 0) is 37.2 Å². The molecule has 1 atom stereocenters. The van der Waals surface area contributed by atoms with Crippen molar-refractivity contribution in [2.75, 3.05) is 37.6 Å². The van der Waals surface area contributed by atoms with E-state index in [0.717, 1.165) is 44.8 Å². The fourth-order valence-electron chi connectivity index (χ4n) is 3.22. The van der Waals surface area contributed by atoms with Gasteiger partial charge in [-0.3, -0.25) is 14.5 Å². The van der Waals surface area contributed by atoms with Gasteiger partial charge in [-0.1, -0.05) is 12.1 Å². The van der Waals surface area contributed by atoms with Crippen LogP contribution in [0.5, 0.6) is 0 Å². The minimum atomic E-state index is -0.896. The maximum absolute atomic E-state index is 12.0. The summed E-state index contributed by atoms with van der Waals surface area (Å²) >= 11 is 0. The second kappa shape index (κ2) is 7.10. The molecule has 6 heteroatoms. The molecule has 2 aliphatic rings. The van der Waals surface area contributed by atoms with Crippen LogP contribution in [-0.2, 0) is 16.1 Å². The molecule has 1 amide bonds. The number of carboxylic acids is 1. The molecule has 1 aromatic carbocycles. The van der Waals surface area contributed by atoms with Gasteiger partial charge < -0.3 is 15.3 Å². The van der Waals surface area contributed by atoms with Gasteiger partial charge in [-0.2, -0.15) is 0 Å². The fourth-order valence-corrected chi connectivity index (χ4v) is 3.22. The van der Waals surface area contributed by atoms with Crippen LogP contribution in [0.3, 0.4) is 0 Å². The zero-order chi connectivity index (χ0) is 16.2. The van der Waals surface area contributed by atoms with Crippen LogP contribution < -0.4 is 10.2 Å². The Morgan fingerprint density at radius 2 is 2.00 bits per heavy atom. The molecule has 0 spiro atoms. The molecule has 124 valence electrons. The molecule has 1 aromatic rings. The molecule has 2 saturated heterocycles. The van der Waals surface area contributed by atoms with Crippen molar-refractivity contribution in [2.24, 2.45) is 5.92 Å². The molecular weight excluding hydrogens is 294 g/mol. The third-order valence-corrected chi connectivity index (χ3v) is 4.56. The quantitative estimate of drug-likeness (QED) is 0.864. The van der Waals surface area contributed by atoms with E-state index in [0.29, 0.717) is 0 Å². The Morgan fingerprint density at radius 1 is 1.22 bits per heavy atom. The lowest BCUT2D eigenvalue weighted by Crippen LogP contribution is -2.28. The number of carboxylic acid groups (broad SMARTS) is 1. The fraction of sp³-hybridized carbons (Fsp3) is 0.529. The molecule has 3 rings (SSSR count). The largest absolute Gasteiger partial charge is 0.481 e. The number of nitrogens with zero attached hydrogens (tertiary/aromatic N) is 2. The van der Waals surface area contributed by atoms with Crippen LogP contribution >= 0.6 is 0 Å². The van der Waals surface area contributed by atoms with E-state index in [1.807, 2.05) is 24.3 Å². The Kier molecular flexibility index (Phi) is 4.93. The molecule has 0 bridgehead atoms. The van der Waals surface area contributed by atoms with Crippen LogP contribution in [0.15, 0.2) is 24.3 Å². The Bertz CT molecular complexity index is 565. The predicted octanol–water partition coefficient (Wildman–Crippen LogP) is 0.919. The Labute approximate surface area is 136 Å². The van der Waals surface area contributed by atoms with Crippen LogP contribution in [0.1, 0.15) is 18.4 Å². The second-order valence-corrected chi connectivity index (χ2v) is 6.29. The normalized spacial score (nSPS) is 23.0. The van der Waals surface area contributed by atoms with E-state index in [1.54, 1.807) is 4.90 Å². The summed E-state index contributed by atoms with van der Waals surface area (Å²) in [7, 11) is 0. The zero-order valence-corrected chi connectivity index (χ0v) is 13.2. The maximum atomic E-state index is 12.0. The summed E-state index contributed by atoms with van der Waals surface area (Å²) in [5.74, 6) is -1.59. The average Bonchev–Trinajstić information content (AvgIpc) is 2.76. The third kappa shape index (κ3) is 3.89. The zero-order valence-electron chi connectivity index (χ0n) is 13.2. The number of aliphatic carboxylic acids is 1. The van der Waals surface area contributed by atoms with Gasteiger partial charge in [0.1, 0.15) is 0 Å². The van der Waals surface area contributed by atoms with E-state index >= 15 is 0 Å². The van der Waals surface area contributed by atoms with Crippen LogP contribution in [0, 0.1) is 5.92 Å². The van der Waals surface area contributed by atoms with E-state index in [2.05, 4.69) is 10.2 Å². The highest BCUT2D eigenvalue weighted by molar-refractivity contribution is 5.99. The summed E-state index contributed by atoms with van der Waals surface area (Å²) in [6.07, 6.45) is 1.26. The van der Waals surface area contributed by atoms with E-state index < -0.39 is 11.9 Å². The Balaban J connectivity index is 1.63. The summed E-state index contributed by atoms with van der Waals surface area (Å²) in [6.45, 7) is 5.43. The van der Waals surface area contributed by atoms with Crippen LogP contribution in [0.2, 0.25) is 0 Å². The first-order valence-corrected chi connectivity index (χ1v) is 8.18. The Hall–Kier alpha value is -1.92. The van der Waals surface area contributed by atoms with E-state index in [1.165, 1.54) is 5.56 Å². The van der Waals surface area contributed by atoms with Crippen molar-refractivity contribution in [3.05, 3.63) is 29.8 Å². The summed E-state index contributed by atoms with van der Waals surface area (Å²) in [4.78, 5) is 27.0. The molecule has 2 aliphatic heterocycles. The van der Waals surface area contributed by atoms with Gasteiger partial charge in [0.15, 0.2) is 0 Å². The number of amides is 1. The first-order valence-electron chi connectivity index (χ1n) is 8.18. The van der Waals surface area contributed by atoms with Crippen molar-refractivity contribution in [2.45, 2.75) is 19.4 Å². The summed E-state index contributed by atoms with van der Waals surface area (Å²) in [5.41, 5.74) is 2.01. The molecule has 0 saturated carbocycles. The van der Waals surface area contributed by atoms with Crippen molar-refractivity contribution in [1.29, 1.82) is 0 Å². The molecule has 6 nitrogen and oxygen atoms in total. The first kappa shape index (κ1) is 16.0. The molecule has 1 unspecified atom stereocenters. The number of anilines is 1. The monoisotopic (exact) mass is 317 g/mol. The lowest BCUT2D eigenvalue weighted by atomic mass is 10.1. The van der Waals surface area contributed by atoms with E-state index in [4.69, 9.17) is 5.11 Å². The van der Waals surface area contributed by atoms with Gasteiger partial charge in [-0.15, -0.1) is 0 Å². The van der Waals surface area contributed by atoms with Gasteiger partial charge >= 0.3 is 5.97 Å². The molecule has 23 heavy (non-hydrogen) atoms. The van der Waals surface area contributed by atoms with Crippen LogP contribution in [-0.4, -0.2) is 54.6 Å². The van der Waals surface area contributed by atoms with Crippen molar-refractivity contribution in [1.82, 2.24) is 10.2 Å². The summed E-state index contributed by atoms with van der Waals surface area (Å²) < 4.78 is 0. The van der Waals surface area contributed by atoms with Crippen molar-refractivity contribution >= 4 is 17.6 Å². The molecule has 2 fully saturated rings. The SMILES string of the molecule is O=C(O)C1CC(=O)N(c2ccc(CN3CCCNCC3)cc2)C1. The topological polar surface area (TPSA) is 72.9 Å². The molecule has 0 aromatic heterocycles. The lowest BCUT2D eigenvalue weighted by Gasteiger charge is -2.20. The van der Waals surface area contributed by atoms with E-state index in [9.17, 15) is 9.59 Å². The molecular formula is C17H23N3O3. The molecule has 2 heterocycles. The van der Waals surface area contributed by atoms with Gasteiger partial charge in [0.2, 0.25) is 5.91 Å². The third-order valence-electron chi connectivity index (χ3n) is 4.56. The number of carbonyl (C=O) groups is 2. The second-order valence-electron chi connectivity index (χ2n) is 6.29. The number of carbonyl (C=O) groups excluding carboxylic acids is 1. The number of hydrogen-bond acceptors (Lipinski definition) is 4. The van der Waals surface area contributed by atoms with Gasteiger partial charge in [0.25, 0.3) is 0 Å². The smallest absolute Gasteiger partial charge is 0.308 e. The maximum Gasteiger partial charge on any atom is 0.308 e. The lowest BCUT2D eigenvalue weighted by molar-refractivity contribution is -0.141. The highest BCUT2D eigenvalue weighted by atomic mass is 16.4. The summed E-state index contributed by atoms with van der Waals surface area (Å²) in [6, 6.07) is 7.92. The van der Waals surface area contributed by atoms with Crippen molar-refractivity contribution in [3.63, 3.8) is 0 Å². The molecule has 0 aliphatic carbocycles. The van der Waals surface area contributed by atoms with Crippen molar-refractivity contribution in [3.8, 4) is 0 Å². The van der Waals surface area contributed by atoms with Gasteiger partial charge in [-0.25, -0.2) is 0 Å². The average molecular weight is 317 g/mol. The first-order chi connectivity index (χ1) is 11.1. The summed E-state index contributed by atoms with van der Waals surface area (Å²) in [5, 5.41) is 12.4. The van der Waals surface area contributed by atoms with E-state index in [-0.39, 0.29) is 18.9 Å². The minimum Gasteiger partial charge on any atom is -0.481 e. The standard InChI is InChI=1S/C17H23N3O3/c21-16-10-14(17(22)23)12-20(16)15-4-2-13(3-5-15)11-19-8-1-6-18-7-9-19/h2-5,14,18H,1,6-12H2,(H,22,23). The number of rotatable bonds is 4. The number of nitrogens with one attached hydrogen (secondary N) is 1. The minimum absolute atomic E-state index is 0.0951. The van der Waals surface area contributed by atoms with Crippen LogP contribution in [0.4, 0.5) is 5.69 Å². The molecule has 0 radical (unpaired) electrons. The number of benzene rings is 1. The van der Waals surface area contributed by atoms with Crippen LogP contribution in [0.25, 0.3) is 0 Å². The van der Waals surface area contributed by atoms with Gasteiger partial charge in [0, 0.05) is 38.3 Å². The highest BCUT2D eigenvalue weighted by Crippen LogP contribution is 2.25. The van der Waals surface area contributed by atoms with Crippen molar-refractivity contribution < 1.29 is 14.7 Å². The van der Waals surface area contributed by atoms with Gasteiger partial charge in [0.05, 0.1) is 5.92 Å². The highest BCUT2D eigenvalue weighted by Gasteiger charge is 2.34. The molecule has 2 N–H and O–H groups in total.